The van der Waals surface area contributed by atoms with Gasteiger partial charge in [-0.2, -0.15) is 0 Å². The van der Waals surface area contributed by atoms with Crippen molar-refractivity contribution in [1.29, 1.82) is 0 Å². The fraction of sp³-hybridized carbons (Fsp3) is 0.345. The van der Waals surface area contributed by atoms with Gasteiger partial charge in [-0.1, -0.05) is 53.6 Å². The molecular formula is C29H32N4O7. The highest BCUT2D eigenvalue weighted by molar-refractivity contribution is 5.95. The van der Waals surface area contributed by atoms with Gasteiger partial charge in [-0.15, -0.1) is 0 Å². The third-order valence-electron chi connectivity index (χ3n) is 6.65. The molecule has 11 nitrogen and oxygen atoms in total. The molecule has 1 fully saturated rings. The van der Waals surface area contributed by atoms with Gasteiger partial charge in [0.15, 0.2) is 0 Å². The number of benzene rings is 3. The molecule has 11 heteroatoms. The molecule has 0 aromatic heterocycles. The van der Waals surface area contributed by atoms with Gasteiger partial charge >= 0.3 is 0 Å². The van der Waals surface area contributed by atoms with Gasteiger partial charge in [-0.25, -0.2) is 0 Å². The minimum absolute atomic E-state index is 0.218. The van der Waals surface area contributed by atoms with Gasteiger partial charge in [-0.05, 0) is 64.9 Å². The van der Waals surface area contributed by atoms with E-state index in [0.29, 0.717) is 37.2 Å². The molecule has 0 aliphatic carbocycles. The second-order valence-electron chi connectivity index (χ2n) is 9.44. The Labute approximate surface area is 231 Å². The van der Waals surface area contributed by atoms with Crippen LogP contribution in [0.15, 0.2) is 77.9 Å². The molecule has 3 aromatic rings. The van der Waals surface area contributed by atoms with Crippen LogP contribution in [-0.4, -0.2) is 76.7 Å². The molecule has 5 N–H and O–H groups in total. The van der Waals surface area contributed by atoms with E-state index in [1.54, 1.807) is 18.2 Å². The van der Waals surface area contributed by atoms with Gasteiger partial charge in [0.05, 0.1) is 6.61 Å². The van der Waals surface area contributed by atoms with Crippen LogP contribution in [0, 0.1) is 0 Å². The van der Waals surface area contributed by atoms with E-state index >= 15 is 0 Å². The molecule has 0 spiro atoms. The predicted octanol–water partition coefficient (Wildman–Crippen LogP) is 2.55. The van der Waals surface area contributed by atoms with Crippen LogP contribution in [0.5, 0.6) is 5.75 Å². The Kier molecular flexibility index (Phi) is 10.1. The molecule has 0 unspecified atom stereocenters. The second-order valence-corrected chi connectivity index (χ2v) is 9.44. The number of hydrogen-bond donors (Lipinski definition) is 5. The number of ether oxygens (including phenoxy) is 2. The van der Waals surface area contributed by atoms with E-state index in [1.807, 2.05) is 54.6 Å². The van der Waals surface area contributed by atoms with Crippen LogP contribution in [0.1, 0.15) is 27.9 Å². The molecule has 1 amide bonds. The molecule has 40 heavy (non-hydrogen) atoms. The number of nitrogens with one attached hydrogen (secondary N) is 1. The van der Waals surface area contributed by atoms with Gasteiger partial charge < -0.3 is 35.2 Å². The minimum atomic E-state index is -1.53. The quantitative estimate of drug-likeness (QED) is 0.106. The van der Waals surface area contributed by atoms with Crippen molar-refractivity contribution >= 4 is 5.91 Å². The summed E-state index contributed by atoms with van der Waals surface area (Å²) < 4.78 is 11.1. The molecule has 210 valence electrons. The van der Waals surface area contributed by atoms with Gasteiger partial charge in [-0.3, -0.25) is 4.79 Å². The lowest BCUT2D eigenvalue weighted by atomic mass is 9.93. The molecule has 3 aromatic carbocycles. The number of amides is 1. The van der Waals surface area contributed by atoms with Gasteiger partial charge in [0.1, 0.15) is 30.2 Å². The molecule has 1 saturated heterocycles. The first kappa shape index (κ1) is 29.0. The Balaban J connectivity index is 1.53. The lowest BCUT2D eigenvalue weighted by Crippen LogP contribution is -2.60. The summed E-state index contributed by atoms with van der Waals surface area (Å²) in [6, 6.07) is 22.4. The maximum absolute atomic E-state index is 12.8. The van der Waals surface area contributed by atoms with E-state index in [0.717, 1.165) is 22.3 Å². The summed E-state index contributed by atoms with van der Waals surface area (Å²) in [4.78, 5) is 15.5. The third kappa shape index (κ3) is 7.16. The number of hydrogen-bond acceptors (Lipinski definition) is 8. The molecule has 1 heterocycles. The largest absolute Gasteiger partial charge is 0.462 e. The normalized spacial score (nSPS) is 22.2. The molecule has 4 rings (SSSR count). The summed E-state index contributed by atoms with van der Waals surface area (Å²) in [5, 5.41) is 46.0. The molecule has 1 aliphatic rings. The predicted molar refractivity (Wildman–Crippen MR) is 146 cm³/mol. The monoisotopic (exact) mass is 548 g/mol. The molecule has 0 radical (unpaired) electrons. The first-order chi connectivity index (χ1) is 19.4. The fourth-order valence-corrected chi connectivity index (χ4v) is 4.49. The highest BCUT2D eigenvalue weighted by Crippen LogP contribution is 2.30. The molecule has 0 bridgehead atoms. The SMILES string of the molecule is [N-]=[N+]=NCCCNC(=O)c1ccc(-c2ccc(O[C@@H]3O[C@H](CO)[C@H](O)[C@H](O)[C@H]3O)cc2)c(Cc2ccccc2)c1. The lowest BCUT2D eigenvalue weighted by Gasteiger charge is -2.39. The summed E-state index contributed by atoms with van der Waals surface area (Å²) in [5.41, 5.74) is 12.7. The van der Waals surface area contributed by atoms with Crippen molar-refractivity contribution < 1.29 is 34.7 Å². The zero-order valence-electron chi connectivity index (χ0n) is 21.7. The van der Waals surface area contributed by atoms with Crippen molar-refractivity contribution in [3.8, 4) is 16.9 Å². The standard InChI is InChI=1S/C29H32N4O7/c30-33-32-14-4-13-31-28(38)20-9-12-23(21(16-20)15-18-5-2-1-3-6-18)19-7-10-22(11-8-19)39-29-27(37)26(36)25(35)24(17-34)40-29/h1-3,5-12,16,24-27,29,34-37H,4,13-15,17H2,(H,31,38)/t24-,25+,26+,27-,29-/m1/s1. The fourth-order valence-electron chi connectivity index (χ4n) is 4.49. The van der Waals surface area contributed by atoms with Gasteiger partial charge in [0.2, 0.25) is 6.29 Å². The first-order valence-corrected chi connectivity index (χ1v) is 12.9. The van der Waals surface area contributed by atoms with E-state index in [-0.39, 0.29) is 5.91 Å². The summed E-state index contributed by atoms with van der Waals surface area (Å²) in [7, 11) is 0. The average molecular weight is 549 g/mol. The lowest BCUT2D eigenvalue weighted by molar-refractivity contribution is -0.277. The van der Waals surface area contributed by atoms with Gasteiger partial charge in [0.25, 0.3) is 5.91 Å². The number of aliphatic hydroxyl groups is 4. The molecule has 0 saturated carbocycles. The number of carbonyl (C=O) groups excluding carboxylic acids is 1. The van der Waals surface area contributed by atoms with Crippen LogP contribution in [0.3, 0.4) is 0 Å². The summed E-state index contributed by atoms with van der Waals surface area (Å²) in [6.45, 7) is 0.159. The van der Waals surface area contributed by atoms with E-state index in [2.05, 4.69) is 15.3 Å². The van der Waals surface area contributed by atoms with Crippen LogP contribution < -0.4 is 10.1 Å². The highest BCUT2D eigenvalue weighted by atomic mass is 16.7. The van der Waals surface area contributed by atoms with E-state index in [9.17, 15) is 25.2 Å². The Hall–Kier alpha value is -3.96. The number of rotatable bonds is 11. The average Bonchev–Trinajstić information content (AvgIpc) is 2.98. The number of nitrogens with zero attached hydrogens (tertiary/aromatic N) is 3. The van der Waals surface area contributed by atoms with Crippen molar-refractivity contribution in [3.63, 3.8) is 0 Å². The van der Waals surface area contributed by atoms with Crippen LogP contribution in [0.2, 0.25) is 0 Å². The smallest absolute Gasteiger partial charge is 0.251 e. The maximum atomic E-state index is 12.8. The topological polar surface area (TPSA) is 177 Å². The van der Waals surface area contributed by atoms with Crippen molar-refractivity contribution in [2.45, 2.75) is 43.5 Å². The Bertz CT molecular complexity index is 1310. The number of aliphatic hydroxyl groups excluding tert-OH is 4. The Morgan fingerprint density at radius 3 is 2.45 bits per heavy atom. The zero-order valence-corrected chi connectivity index (χ0v) is 21.7. The van der Waals surface area contributed by atoms with Crippen LogP contribution in [0.4, 0.5) is 0 Å². The zero-order chi connectivity index (χ0) is 28.5. The van der Waals surface area contributed by atoms with E-state index in [4.69, 9.17) is 15.0 Å². The molecule has 5 atom stereocenters. The summed E-state index contributed by atoms with van der Waals surface area (Å²) in [5.74, 6) is 0.138. The van der Waals surface area contributed by atoms with Crippen LogP contribution in [0.25, 0.3) is 21.6 Å². The first-order valence-electron chi connectivity index (χ1n) is 12.9. The highest BCUT2D eigenvalue weighted by Gasteiger charge is 2.44. The number of azide groups is 1. The molecular weight excluding hydrogens is 516 g/mol. The Morgan fingerprint density at radius 1 is 1.00 bits per heavy atom. The van der Waals surface area contributed by atoms with E-state index in [1.165, 1.54) is 0 Å². The van der Waals surface area contributed by atoms with Crippen LogP contribution >= 0.6 is 0 Å². The third-order valence-corrected chi connectivity index (χ3v) is 6.65. The van der Waals surface area contributed by atoms with Gasteiger partial charge in [0, 0.05) is 23.6 Å². The van der Waals surface area contributed by atoms with E-state index < -0.39 is 37.3 Å². The van der Waals surface area contributed by atoms with Crippen LogP contribution in [-0.2, 0) is 11.2 Å². The summed E-state index contributed by atoms with van der Waals surface area (Å²) in [6.07, 6.45) is -5.71. The van der Waals surface area contributed by atoms with Crippen molar-refractivity contribution in [2.24, 2.45) is 5.11 Å². The maximum Gasteiger partial charge on any atom is 0.251 e. The minimum Gasteiger partial charge on any atom is -0.462 e. The summed E-state index contributed by atoms with van der Waals surface area (Å²) >= 11 is 0. The van der Waals surface area contributed by atoms with Crippen molar-refractivity contribution in [2.75, 3.05) is 19.7 Å². The van der Waals surface area contributed by atoms with Crippen molar-refractivity contribution in [3.05, 3.63) is 99.9 Å². The second kappa shape index (κ2) is 13.9. The number of carbonyl (C=O) groups is 1. The molecule has 1 aliphatic heterocycles. The van der Waals surface area contributed by atoms with Crippen molar-refractivity contribution in [1.82, 2.24) is 5.32 Å². The Morgan fingerprint density at radius 2 is 1.75 bits per heavy atom.